The van der Waals surface area contributed by atoms with E-state index >= 15 is 0 Å². The smallest absolute Gasteiger partial charge is 0.261 e. The van der Waals surface area contributed by atoms with Crippen molar-refractivity contribution in [2.24, 2.45) is 0 Å². The number of halogens is 1. The van der Waals surface area contributed by atoms with E-state index in [0.717, 1.165) is 27.3 Å². The Labute approximate surface area is 165 Å². The molecule has 4 aromatic rings. The lowest BCUT2D eigenvalue weighted by Crippen LogP contribution is -2.26. The normalized spacial score (nSPS) is 12.3. The molecule has 1 atom stereocenters. The summed E-state index contributed by atoms with van der Waals surface area (Å²) in [4.78, 5) is 18.6. The van der Waals surface area contributed by atoms with Crippen molar-refractivity contribution >= 4 is 39.1 Å². The third-order valence-electron chi connectivity index (χ3n) is 4.33. The van der Waals surface area contributed by atoms with E-state index in [2.05, 4.69) is 15.4 Å². The Hall–Kier alpha value is -2.70. The molecular formula is C20H17ClN4OS. The minimum absolute atomic E-state index is 0.125. The molecule has 7 heteroatoms. The van der Waals surface area contributed by atoms with Gasteiger partial charge in [-0.25, -0.2) is 4.68 Å². The summed E-state index contributed by atoms with van der Waals surface area (Å²) in [5.41, 5.74) is 2.48. The van der Waals surface area contributed by atoms with E-state index in [1.807, 2.05) is 62.4 Å². The molecule has 0 aliphatic heterocycles. The zero-order chi connectivity index (χ0) is 19.0. The fraction of sp³-hybridized carbons (Fsp3) is 0.150. The summed E-state index contributed by atoms with van der Waals surface area (Å²) in [5.74, 6) is -0.125. The number of pyridine rings is 1. The molecule has 0 bridgehead atoms. The van der Waals surface area contributed by atoms with Crippen LogP contribution in [-0.2, 0) is 0 Å². The van der Waals surface area contributed by atoms with Gasteiger partial charge >= 0.3 is 0 Å². The number of para-hydroxylation sites is 1. The monoisotopic (exact) mass is 396 g/mol. The summed E-state index contributed by atoms with van der Waals surface area (Å²) in [5, 5.41) is 9.17. The van der Waals surface area contributed by atoms with Crippen molar-refractivity contribution in [2.75, 3.05) is 0 Å². The summed E-state index contributed by atoms with van der Waals surface area (Å²) >= 11 is 7.73. The molecule has 0 fully saturated rings. The van der Waals surface area contributed by atoms with E-state index in [1.165, 1.54) is 11.3 Å². The van der Waals surface area contributed by atoms with Crippen LogP contribution in [0.15, 0.2) is 54.7 Å². The Balaban J connectivity index is 1.67. The van der Waals surface area contributed by atoms with Crippen molar-refractivity contribution in [3.63, 3.8) is 0 Å². The minimum Gasteiger partial charge on any atom is -0.343 e. The van der Waals surface area contributed by atoms with Crippen LogP contribution in [0.25, 0.3) is 15.9 Å². The number of aryl methyl sites for hydroxylation is 1. The molecule has 1 N–H and O–H groups in total. The molecule has 0 saturated carbocycles. The SMILES string of the molecule is Cc1nn(-c2ccccc2Cl)c2sc(C(=O)NC(C)c3ccccn3)cc12. The van der Waals surface area contributed by atoms with Crippen molar-refractivity contribution in [1.29, 1.82) is 0 Å². The topological polar surface area (TPSA) is 59.8 Å². The third-order valence-corrected chi connectivity index (χ3v) is 5.76. The zero-order valence-electron chi connectivity index (χ0n) is 14.8. The molecule has 0 saturated heterocycles. The van der Waals surface area contributed by atoms with Crippen molar-refractivity contribution in [1.82, 2.24) is 20.1 Å². The number of hydrogen-bond donors (Lipinski definition) is 1. The molecule has 0 spiro atoms. The number of thiophene rings is 1. The van der Waals surface area contributed by atoms with Gasteiger partial charge in [0.05, 0.1) is 33.0 Å². The predicted molar refractivity (Wildman–Crippen MR) is 109 cm³/mol. The van der Waals surface area contributed by atoms with Crippen LogP contribution in [0.5, 0.6) is 0 Å². The first-order chi connectivity index (χ1) is 13.0. The highest BCUT2D eigenvalue weighted by atomic mass is 35.5. The molecule has 1 aromatic carbocycles. The molecule has 1 amide bonds. The van der Waals surface area contributed by atoms with E-state index in [4.69, 9.17) is 11.6 Å². The highest BCUT2D eigenvalue weighted by Gasteiger charge is 2.19. The van der Waals surface area contributed by atoms with Crippen molar-refractivity contribution in [3.05, 3.63) is 76.0 Å². The Kier molecular flexibility index (Phi) is 4.68. The number of carbonyl (C=O) groups is 1. The highest BCUT2D eigenvalue weighted by molar-refractivity contribution is 7.20. The highest BCUT2D eigenvalue weighted by Crippen LogP contribution is 2.32. The molecule has 0 aliphatic rings. The van der Waals surface area contributed by atoms with Crippen LogP contribution >= 0.6 is 22.9 Å². The van der Waals surface area contributed by atoms with Crippen molar-refractivity contribution in [2.45, 2.75) is 19.9 Å². The van der Waals surface area contributed by atoms with Crippen LogP contribution in [0.2, 0.25) is 5.02 Å². The fourth-order valence-corrected chi connectivity index (χ4v) is 4.21. The first-order valence-corrected chi connectivity index (χ1v) is 9.70. The van der Waals surface area contributed by atoms with Crippen LogP contribution in [0.4, 0.5) is 0 Å². The van der Waals surface area contributed by atoms with E-state index in [-0.39, 0.29) is 11.9 Å². The molecule has 0 radical (unpaired) electrons. The zero-order valence-corrected chi connectivity index (χ0v) is 16.4. The second kappa shape index (κ2) is 7.13. The van der Waals surface area contributed by atoms with E-state index in [0.29, 0.717) is 9.90 Å². The summed E-state index contributed by atoms with van der Waals surface area (Å²) < 4.78 is 1.80. The lowest BCUT2D eigenvalue weighted by molar-refractivity contribution is 0.0943. The Morgan fingerprint density at radius 1 is 1.22 bits per heavy atom. The average Bonchev–Trinajstić information content (AvgIpc) is 3.24. The number of nitrogens with one attached hydrogen (secondary N) is 1. The fourth-order valence-electron chi connectivity index (χ4n) is 2.92. The quantitative estimate of drug-likeness (QED) is 0.531. The van der Waals surface area contributed by atoms with Gasteiger partial charge in [-0.3, -0.25) is 9.78 Å². The molecule has 3 aromatic heterocycles. The number of rotatable bonds is 4. The number of aromatic nitrogens is 3. The Morgan fingerprint density at radius 3 is 2.74 bits per heavy atom. The predicted octanol–water partition coefficient (Wildman–Crippen LogP) is 4.93. The molecule has 5 nitrogen and oxygen atoms in total. The Bertz CT molecular complexity index is 1120. The molecule has 0 aliphatic carbocycles. The van der Waals surface area contributed by atoms with E-state index in [1.54, 1.807) is 10.9 Å². The molecule has 136 valence electrons. The lowest BCUT2D eigenvalue weighted by atomic mass is 10.2. The number of benzene rings is 1. The molecule has 4 rings (SSSR count). The number of carbonyl (C=O) groups excluding carboxylic acids is 1. The third kappa shape index (κ3) is 3.34. The summed E-state index contributed by atoms with van der Waals surface area (Å²) in [6.07, 6.45) is 1.72. The van der Waals surface area contributed by atoms with Crippen LogP contribution in [-0.4, -0.2) is 20.7 Å². The first-order valence-electron chi connectivity index (χ1n) is 8.50. The van der Waals surface area contributed by atoms with Crippen LogP contribution < -0.4 is 5.32 Å². The van der Waals surface area contributed by atoms with Gasteiger partial charge in [-0.2, -0.15) is 5.10 Å². The largest absolute Gasteiger partial charge is 0.343 e. The van der Waals surface area contributed by atoms with Crippen LogP contribution in [0.3, 0.4) is 0 Å². The first kappa shape index (κ1) is 17.7. The number of hydrogen-bond acceptors (Lipinski definition) is 4. The maximum absolute atomic E-state index is 12.7. The van der Waals surface area contributed by atoms with Gasteiger partial charge in [0.25, 0.3) is 5.91 Å². The summed E-state index contributed by atoms with van der Waals surface area (Å²) in [7, 11) is 0. The van der Waals surface area contributed by atoms with Gasteiger partial charge in [0, 0.05) is 11.6 Å². The lowest BCUT2D eigenvalue weighted by Gasteiger charge is -2.12. The molecule has 3 heterocycles. The van der Waals surface area contributed by atoms with E-state index in [9.17, 15) is 4.79 Å². The number of nitrogens with zero attached hydrogens (tertiary/aromatic N) is 3. The van der Waals surface area contributed by atoms with Gasteiger partial charge < -0.3 is 5.32 Å². The molecule has 1 unspecified atom stereocenters. The van der Waals surface area contributed by atoms with Gasteiger partial charge in [0.2, 0.25) is 0 Å². The summed E-state index contributed by atoms with van der Waals surface area (Å²) in [6, 6.07) is 14.9. The van der Waals surface area contributed by atoms with Gasteiger partial charge in [-0.15, -0.1) is 11.3 Å². The standard InChI is InChI=1S/C20H17ClN4OS/c1-12-14-11-18(19(26)23-13(2)16-8-5-6-10-22-16)27-20(14)25(24-12)17-9-4-3-7-15(17)21/h3-11,13H,1-2H3,(H,23,26). The molecule has 27 heavy (non-hydrogen) atoms. The second-order valence-electron chi connectivity index (χ2n) is 6.23. The van der Waals surface area contributed by atoms with Gasteiger partial charge in [0.15, 0.2) is 0 Å². The Morgan fingerprint density at radius 2 is 2.00 bits per heavy atom. The number of fused-ring (bicyclic) bond motifs is 1. The minimum atomic E-state index is -0.176. The number of amides is 1. The summed E-state index contributed by atoms with van der Waals surface area (Å²) in [6.45, 7) is 3.85. The van der Waals surface area contributed by atoms with Crippen molar-refractivity contribution in [3.8, 4) is 5.69 Å². The van der Waals surface area contributed by atoms with Crippen LogP contribution in [0, 0.1) is 6.92 Å². The maximum atomic E-state index is 12.7. The second-order valence-corrected chi connectivity index (χ2v) is 7.67. The maximum Gasteiger partial charge on any atom is 0.261 e. The molecular weight excluding hydrogens is 380 g/mol. The van der Waals surface area contributed by atoms with Gasteiger partial charge in [-0.05, 0) is 44.2 Å². The average molecular weight is 397 g/mol. The van der Waals surface area contributed by atoms with Crippen LogP contribution in [0.1, 0.15) is 34.0 Å². The van der Waals surface area contributed by atoms with E-state index < -0.39 is 0 Å². The van der Waals surface area contributed by atoms with Gasteiger partial charge in [0.1, 0.15) is 4.83 Å². The van der Waals surface area contributed by atoms with Gasteiger partial charge in [-0.1, -0.05) is 29.8 Å². The van der Waals surface area contributed by atoms with Crippen molar-refractivity contribution < 1.29 is 4.79 Å².